The van der Waals surface area contributed by atoms with Crippen molar-refractivity contribution in [1.82, 2.24) is 4.31 Å². The molecule has 1 aliphatic heterocycles. The van der Waals surface area contributed by atoms with Crippen molar-refractivity contribution < 1.29 is 26.4 Å². The molecular formula is C22H29N3O6S2. The van der Waals surface area contributed by atoms with Gasteiger partial charge in [-0.1, -0.05) is 24.6 Å². The fourth-order valence-electron chi connectivity index (χ4n) is 3.76. The second-order valence-corrected chi connectivity index (χ2v) is 11.7. The van der Waals surface area contributed by atoms with Crippen LogP contribution in [-0.4, -0.2) is 60.0 Å². The largest absolute Gasteiger partial charge is 0.495 e. The number of sulfonamides is 2. The first-order chi connectivity index (χ1) is 15.5. The van der Waals surface area contributed by atoms with Gasteiger partial charge in [0, 0.05) is 18.8 Å². The van der Waals surface area contributed by atoms with Crippen LogP contribution in [0.1, 0.15) is 24.8 Å². The van der Waals surface area contributed by atoms with Gasteiger partial charge in [-0.3, -0.25) is 9.10 Å². The lowest BCUT2D eigenvalue weighted by Crippen LogP contribution is -2.38. The molecule has 2 aromatic carbocycles. The molecule has 1 N–H and O–H groups in total. The highest BCUT2D eigenvalue weighted by Crippen LogP contribution is 2.31. The number of ether oxygens (including phenoxy) is 1. The number of piperidine rings is 1. The van der Waals surface area contributed by atoms with E-state index < -0.39 is 32.5 Å². The maximum Gasteiger partial charge on any atom is 0.246 e. The Morgan fingerprint density at radius 2 is 1.73 bits per heavy atom. The molecule has 0 atom stereocenters. The Bertz CT molecular complexity index is 1220. The molecule has 33 heavy (non-hydrogen) atoms. The summed E-state index contributed by atoms with van der Waals surface area (Å²) in [5.41, 5.74) is 1.34. The van der Waals surface area contributed by atoms with Gasteiger partial charge in [-0.25, -0.2) is 16.8 Å². The first-order valence-electron chi connectivity index (χ1n) is 10.6. The molecule has 0 aliphatic carbocycles. The van der Waals surface area contributed by atoms with Gasteiger partial charge in [0.15, 0.2) is 0 Å². The van der Waals surface area contributed by atoms with Crippen LogP contribution in [0.4, 0.5) is 11.4 Å². The first-order valence-corrected chi connectivity index (χ1v) is 13.8. The van der Waals surface area contributed by atoms with E-state index in [-0.39, 0.29) is 16.3 Å². The van der Waals surface area contributed by atoms with Crippen LogP contribution in [0.15, 0.2) is 47.4 Å². The molecule has 0 spiro atoms. The summed E-state index contributed by atoms with van der Waals surface area (Å²) in [4.78, 5) is 12.7. The second kappa shape index (κ2) is 10.1. The van der Waals surface area contributed by atoms with E-state index in [4.69, 9.17) is 4.74 Å². The van der Waals surface area contributed by atoms with Crippen LogP contribution in [0.25, 0.3) is 0 Å². The molecule has 11 heteroatoms. The number of amides is 1. The van der Waals surface area contributed by atoms with Crippen LogP contribution < -0.4 is 14.4 Å². The van der Waals surface area contributed by atoms with E-state index in [0.29, 0.717) is 24.3 Å². The number of anilines is 2. The van der Waals surface area contributed by atoms with Crippen LogP contribution in [-0.2, 0) is 24.8 Å². The summed E-state index contributed by atoms with van der Waals surface area (Å²) in [6, 6.07) is 11.2. The molecule has 1 amide bonds. The number of hydrogen-bond acceptors (Lipinski definition) is 6. The van der Waals surface area contributed by atoms with E-state index in [9.17, 15) is 21.6 Å². The van der Waals surface area contributed by atoms with Gasteiger partial charge in [-0.05, 0) is 49.6 Å². The summed E-state index contributed by atoms with van der Waals surface area (Å²) in [6.45, 7) is 2.17. The lowest BCUT2D eigenvalue weighted by atomic mass is 10.2. The van der Waals surface area contributed by atoms with Crippen molar-refractivity contribution in [2.24, 2.45) is 0 Å². The minimum atomic E-state index is -3.81. The second-order valence-electron chi connectivity index (χ2n) is 7.93. The van der Waals surface area contributed by atoms with Crippen LogP contribution >= 0.6 is 0 Å². The number of benzene rings is 2. The lowest BCUT2D eigenvalue weighted by molar-refractivity contribution is -0.114. The lowest BCUT2D eigenvalue weighted by Gasteiger charge is -2.27. The molecule has 9 nitrogen and oxygen atoms in total. The number of nitrogens with zero attached hydrogens (tertiary/aromatic N) is 2. The monoisotopic (exact) mass is 495 g/mol. The van der Waals surface area contributed by atoms with Gasteiger partial charge in [0.2, 0.25) is 26.0 Å². The Morgan fingerprint density at radius 1 is 1.06 bits per heavy atom. The van der Waals surface area contributed by atoms with E-state index in [1.54, 1.807) is 31.2 Å². The number of carbonyl (C=O) groups is 1. The first kappa shape index (κ1) is 25.0. The Labute approximate surface area is 195 Å². The van der Waals surface area contributed by atoms with Gasteiger partial charge in [0.05, 0.1) is 19.1 Å². The molecule has 180 valence electrons. The molecule has 1 saturated heterocycles. The predicted octanol–water partition coefficient (Wildman–Crippen LogP) is 2.58. The number of hydrogen-bond donors (Lipinski definition) is 1. The Kier molecular flexibility index (Phi) is 7.65. The van der Waals surface area contributed by atoms with Gasteiger partial charge < -0.3 is 10.1 Å². The van der Waals surface area contributed by atoms with E-state index in [1.807, 2.05) is 0 Å². The van der Waals surface area contributed by atoms with E-state index in [0.717, 1.165) is 29.8 Å². The number of methoxy groups -OCH3 is 1. The zero-order valence-corrected chi connectivity index (χ0v) is 20.6. The molecule has 1 heterocycles. The van der Waals surface area contributed by atoms with Crippen molar-refractivity contribution in [3.8, 4) is 5.75 Å². The SMILES string of the molecule is COc1ccc(NC(=O)CN(c2ccccc2C)S(C)(=O)=O)cc1S(=O)(=O)N1CCCCC1. The van der Waals surface area contributed by atoms with Crippen molar-refractivity contribution in [2.45, 2.75) is 31.1 Å². The zero-order chi connectivity index (χ0) is 24.2. The number of nitrogens with one attached hydrogen (secondary N) is 1. The van der Waals surface area contributed by atoms with E-state index in [2.05, 4.69) is 5.32 Å². The normalized spacial score (nSPS) is 15.1. The van der Waals surface area contributed by atoms with E-state index >= 15 is 0 Å². The average molecular weight is 496 g/mol. The summed E-state index contributed by atoms with van der Waals surface area (Å²) in [7, 11) is -6.16. The van der Waals surface area contributed by atoms with Gasteiger partial charge in [0.25, 0.3) is 0 Å². The van der Waals surface area contributed by atoms with Crippen LogP contribution in [0.5, 0.6) is 5.75 Å². The molecule has 1 fully saturated rings. The number of para-hydroxylation sites is 1. The molecule has 2 aromatic rings. The summed E-state index contributed by atoms with van der Waals surface area (Å²) in [5, 5.41) is 2.62. The van der Waals surface area contributed by atoms with Crippen molar-refractivity contribution >= 4 is 37.3 Å². The Morgan fingerprint density at radius 3 is 2.33 bits per heavy atom. The number of rotatable bonds is 8. The predicted molar refractivity (Wildman–Crippen MR) is 128 cm³/mol. The summed E-state index contributed by atoms with van der Waals surface area (Å²) >= 11 is 0. The third kappa shape index (κ3) is 5.84. The average Bonchev–Trinajstić information content (AvgIpc) is 2.78. The van der Waals surface area contributed by atoms with Crippen LogP contribution in [0.3, 0.4) is 0 Å². The summed E-state index contributed by atoms with van der Waals surface area (Å²) < 4.78 is 58.8. The maximum atomic E-state index is 13.2. The fourth-order valence-corrected chi connectivity index (χ4v) is 6.37. The molecule has 3 rings (SSSR count). The maximum absolute atomic E-state index is 13.2. The van der Waals surface area contributed by atoms with Crippen molar-refractivity contribution in [1.29, 1.82) is 0 Å². The minimum absolute atomic E-state index is 0.0384. The molecule has 0 bridgehead atoms. The number of aryl methyl sites for hydroxylation is 1. The van der Waals surface area contributed by atoms with Gasteiger partial charge in [0.1, 0.15) is 17.2 Å². The Balaban J connectivity index is 1.86. The third-order valence-electron chi connectivity index (χ3n) is 5.45. The quantitative estimate of drug-likeness (QED) is 0.602. The fraction of sp³-hybridized carbons (Fsp3) is 0.409. The topological polar surface area (TPSA) is 113 Å². The summed E-state index contributed by atoms with van der Waals surface area (Å²) in [6.07, 6.45) is 3.59. The highest BCUT2D eigenvalue weighted by molar-refractivity contribution is 7.92. The zero-order valence-electron chi connectivity index (χ0n) is 18.9. The molecule has 0 aromatic heterocycles. The third-order valence-corrected chi connectivity index (χ3v) is 8.50. The summed E-state index contributed by atoms with van der Waals surface area (Å²) in [5.74, 6) is -0.425. The van der Waals surface area contributed by atoms with Crippen molar-refractivity contribution in [2.75, 3.05) is 42.6 Å². The molecular weight excluding hydrogens is 466 g/mol. The van der Waals surface area contributed by atoms with Gasteiger partial charge in [-0.2, -0.15) is 4.31 Å². The van der Waals surface area contributed by atoms with Crippen LogP contribution in [0.2, 0.25) is 0 Å². The van der Waals surface area contributed by atoms with Gasteiger partial charge in [-0.15, -0.1) is 0 Å². The van der Waals surface area contributed by atoms with Crippen molar-refractivity contribution in [3.63, 3.8) is 0 Å². The molecule has 0 saturated carbocycles. The highest BCUT2D eigenvalue weighted by Gasteiger charge is 2.29. The highest BCUT2D eigenvalue weighted by atomic mass is 32.2. The molecule has 1 aliphatic rings. The smallest absolute Gasteiger partial charge is 0.246 e. The van der Waals surface area contributed by atoms with Crippen LogP contribution in [0, 0.1) is 6.92 Å². The molecule has 0 unspecified atom stereocenters. The van der Waals surface area contributed by atoms with Gasteiger partial charge >= 0.3 is 0 Å². The molecule has 0 radical (unpaired) electrons. The van der Waals surface area contributed by atoms with E-state index in [1.165, 1.54) is 29.6 Å². The van der Waals surface area contributed by atoms with Crippen molar-refractivity contribution in [3.05, 3.63) is 48.0 Å². The standard InChI is InChI=1S/C22H29N3O6S2/c1-17-9-5-6-10-19(17)25(32(3,27)28)16-22(26)23-18-11-12-20(31-2)21(15-18)33(29,30)24-13-7-4-8-14-24/h5-6,9-12,15H,4,7-8,13-14,16H2,1-3H3,(H,23,26). The Hall–Kier alpha value is -2.63. The minimum Gasteiger partial charge on any atom is -0.495 e. The number of carbonyl (C=O) groups excluding carboxylic acids is 1.